The molecular formula is C67H52N2. The van der Waals surface area contributed by atoms with Crippen LogP contribution in [0.3, 0.4) is 0 Å². The molecule has 0 heterocycles. The van der Waals surface area contributed by atoms with Crippen molar-refractivity contribution < 1.29 is 0 Å². The highest BCUT2D eigenvalue weighted by molar-refractivity contribution is 5.97. The van der Waals surface area contributed by atoms with Crippen molar-refractivity contribution in [3.05, 3.63) is 301 Å². The fourth-order valence-corrected chi connectivity index (χ4v) is 9.68. The van der Waals surface area contributed by atoms with Crippen LogP contribution < -0.4 is 10.2 Å². The highest BCUT2D eigenvalue weighted by atomic mass is 15.1. The van der Waals surface area contributed by atoms with Crippen LogP contribution in [0.15, 0.2) is 273 Å². The van der Waals surface area contributed by atoms with E-state index in [0.29, 0.717) is 0 Å². The van der Waals surface area contributed by atoms with E-state index in [-0.39, 0.29) is 6.04 Å². The van der Waals surface area contributed by atoms with Crippen LogP contribution in [0.4, 0.5) is 22.7 Å². The van der Waals surface area contributed by atoms with Crippen LogP contribution in [-0.2, 0) is 6.42 Å². The van der Waals surface area contributed by atoms with Gasteiger partial charge >= 0.3 is 0 Å². The maximum Gasteiger partial charge on any atom is 0.0767 e. The molecule has 0 fully saturated rings. The van der Waals surface area contributed by atoms with Crippen molar-refractivity contribution >= 4 is 33.5 Å². The Labute approximate surface area is 406 Å². The van der Waals surface area contributed by atoms with E-state index in [1.165, 1.54) is 83.1 Å². The van der Waals surface area contributed by atoms with Crippen LogP contribution in [-0.4, -0.2) is 0 Å². The SMILES string of the molecule is Cc1cccc(-c2ccc(C(Nc3cccc(Cc4cccc(N(c5ccc(-c6ccccc6)cc5)c5ccc(-c6cccc7ccccc67)cc5)c4)c3)c3ccc(-c4ccccc4)cc3)cc2)c1. The van der Waals surface area contributed by atoms with Gasteiger partial charge in [-0.3, -0.25) is 0 Å². The topological polar surface area (TPSA) is 15.3 Å². The molecule has 2 nitrogen and oxygen atoms in total. The summed E-state index contributed by atoms with van der Waals surface area (Å²) in [6, 6.07) is 99.0. The lowest BCUT2D eigenvalue weighted by molar-refractivity contribution is 0.938. The molecule has 1 atom stereocenters. The molecule has 69 heavy (non-hydrogen) atoms. The molecule has 0 aliphatic rings. The van der Waals surface area contributed by atoms with Crippen molar-refractivity contribution in [2.75, 3.05) is 10.2 Å². The number of benzene rings is 11. The number of hydrogen-bond acceptors (Lipinski definition) is 2. The minimum atomic E-state index is -0.0613. The summed E-state index contributed by atoms with van der Waals surface area (Å²) in [5, 5.41) is 6.48. The Morgan fingerprint density at radius 2 is 0.826 bits per heavy atom. The molecule has 0 aliphatic heterocycles. The number of anilines is 4. The normalized spacial score (nSPS) is 11.6. The van der Waals surface area contributed by atoms with Gasteiger partial charge < -0.3 is 10.2 Å². The summed E-state index contributed by atoms with van der Waals surface area (Å²) in [5.74, 6) is 0. The monoisotopic (exact) mass is 884 g/mol. The van der Waals surface area contributed by atoms with E-state index in [1.54, 1.807) is 0 Å². The number of nitrogens with zero attached hydrogens (tertiary/aromatic N) is 1. The number of rotatable bonds is 13. The van der Waals surface area contributed by atoms with Gasteiger partial charge in [-0.2, -0.15) is 0 Å². The highest BCUT2D eigenvalue weighted by Gasteiger charge is 2.18. The van der Waals surface area contributed by atoms with Gasteiger partial charge in [-0.05, 0) is 139 Å². The lowest BCUT2D eigenvalue weighted by Crippen LogP contribution is -2.12. The van der Waals surface area contributed by atoms with Gasteiger partial charge in [0.25, 0.3) is 0 Å². The highest BCUT2D eigenvalue weighted by Crippen LogP contribution is 2.39. The molecule has 0 spiro atoms. The smallest absolute Gasteiger partial charge is 0.0767 e. The van der Waals surface area contributed by atoms with Crippen LogP contribution in [0, 0.1) is 6.92 Å². The molecule has 0 saturated heterocycles. The molecule has 0 saturated carbocycles. The van der Waals surface area contributed by atoms with E-state index in [4.69, 9.17) is 0 Å². The summed E-state index contributed by atoms with van der Waals surface area (Å²) < 4.78 is 0. The standard InChI is InChI=1S/C67H52N2/c1-48-14-10-23-60(44-48)55-30-34-59(35-31-55)67(58-32-28-53(29-33-58)51-17-4-2-5-18-51)68-61-24-11-15-49(46-61)45-50-16-12-25-64(47-50)69(62-40-36-54(37-41-62)52-19-6-3-7-20-52)63-42-38-57(39-43-63)66-27-13-22-56-21-8-9-26-65(56)66/h2-44,46-47,67-68H,45H2,1H3. The zero-order chi connectivity index (χ0) is 46.4. The molecule has 0 amide bonds. The van der Waals surface area contributed by atoms with Gasteiger partial charge in [0.05, 0.1) is 6.04 Å². The molecule has 1 unspecified atom stereocenters. The summed E-state index contributed by atoms with van der Waals surface area (Å²) in [6.07, 6.45) is 0.784. The molecule has 0 aromatic heterocycles. The molecular weight excluding hydrogens is 833 g/mol. The number of fused-ring (bicyclic) bond motifs is 1. The molecule has 11 aromatic carbocycles. The van der Waals surface area contributed by atoms with E-state index >= 15 is 0 Å². The summed E-state index contributed by atoms with van der Waals surface area (Å²) >= 11 is 0. The lowest BCUT2D eigenvalue weighted by atomic mass is 9.94. The van der Waals surface area contributed by atoms with Crippen molar-refractivity contribution in [2.24, 2.45) is 0 Å². The lowest BCUT2D eigenvalue weighted by Gasteiger charge is -2.26. The van der Waals surface area contributed by atoms with Crippen LogP contribution in [0.5, 0.6) is 0 Å². The predicted octanol–water partition coefficient (Wildman–Crippen LogP) is 18.1. The third kappa shape index (κ3) is 9.61. The summed E-state index contributed by atoms with van der Waals surface area (Å²) in [7, 11) is 0. The first kappa shape index (κ1) is 42.9. The van der Waals surface area contributed by atoms with Crippen molar-refractivity contribution in [3.63, 3.8) is 0 Å². The summed E-state index contributed by atoms with van der Waals surface area (Å²) in [5.41, 5.74) is 20.2. The third-order valence-electron chi connectivity index (χ3n) is 13.2. The third-order valence-corrected chi connectivity index (χ3v) is 13.2. The minimum Gasteiger partial charge on any atom is -0.374 e. The van der Waals surface area contributed by atoms with Gasteiger partial charge in [-0.15, -0.1) is 0 Å². The quantitative estimate of drug-likeness (QED) is 0.124. The van der Waals surface area contributed by atoms with E-state index in [9.17, 15) is 0 Å². The summed E-state index contributed by atoms with van der Waals surface area (Å²) in [6.45, 7) is 2.15. The number of nitrogens with one attached hydrogen (secondary N) is 1. The summed E-state index contributed by atoms with van der Waals surface area (Å²) in [4.78, 5) is 2.38. The van der Waals surface area contributed by atoms with Gasteiger partial charge in [0.1, 0.15) is 0 Å². The Bertz CT molecular complexity index is 3460. The largest absolute Gasteiger partial charge is 0.374 e. The zero-order valence-corrected chi connectivity index (χ0v) is 38.7. The fourth-order valence-electron chi connectivity index (χ4n) is 9.68. The van der Waals surface area contributed by atoms with Gasteiger partial charge in [0.15, 0.2) is 0 Å². The van der Waals surface area contributed by atoms with Gasteiger partial charge in [0, 0.05) is 22.7 Å². The molecule has 2 heteroatoms. The Morgan fingerprint density at radius 3 is 1.46 bits per heavy atom. The molecule has 0 radical (unpaired) electrons. The fraction of sp³-hybridized carbons (Fsp3) is 0.0448. The number of aryl methyl sites for hydroxylation is 1. The zero-order valence-electron chi connectivity index (χ0n) is 38.7. The van der Waals surface area contributed by atoms with E-state index in [1.807, 2.05) is 0 Å². The maximum atomic E-state index is 3.97. The first-order chi connectivity index (χ1) is 34.1. The van der Waals surface area contributed by atoms with Crippen LogP contribution in [0.1, 0.15) is 33.9 Å². The second-order valence-corrected chi connectivity index (χ2v) is 17.9. The molecule has 1 N–H and O–H groups in total. The van der Waals surface area contributed by atoms with Crippen LogP contribution >= 0.6 is 0 Å². The van der Waals surface area contributed by atoms with Crippen molar-refractivity contribution in [2.45, 2.75) is 19.4 Å². The van der Waals surface area contributed by atoms with Crippen molar-refractivity contribution in [1.29, 1.82) is 0 Å². The van der Waals surface area contributed by atoms with Gasteiger partial charge in [-0.1, -0.05) is 230 Å². The molecule has 0 bridgehead atoms. The molecule has 0 aliphatic carbocycles. The van der Waals surface area contributed by atoms with Gasteiger partial charge in [-0.25, -0.2) is 0 Å². The second kappa shape index (κ2) is 19.6. The Kier molecular flexibility index (Phi) is 12.2. The minimum absolute atomic E-state index is 0.0613. The molecule has 11 aromatic rings. The molecule has 330 valence electrons. The van der Waals surface area contributed by atoms with Crippen molar-refractivity contribution in [1.82, 2.24) is 0 Å². The second-order valence-electron chi connectivity index (χ2n) is 17.9. The Morgan fingerprint density at radius 1 is 0.348 bits per heavy atom. The molecule has 11 rings (SSSR count). The van der Waals surface area contributed by atoms with E-state index < -0.39 is 0 Å². The number of hydrogen-bond donors (Lipinski definition) is 1. The van der Waals surface area contributed by atoms with E-state index in [0.717, 1.165) is 29.2 Å². The van der Waals surface area contributed by atoms with Crippen molar-refractivity contribution in [3.8, 4) is 44.5 Å². The average molecular weight is 885 g/mol. The predicted molar refractivity (Wildman–Crippen MR) is 293 cm³/mol. The Balaban J connectivity index is 0.898. The van der Waals surface area contributed by atoms with Crippen LogP contribution in [0.2, 0.25) is 0 Å². The van der Waals surface area contributed by atoms with Gasteiger partial charge in [0.2, 0.25) is 0 Å². The first-order valence-corrected chi connectivity index (χ1v) is 23.9. The first-order valence-electron chi connectivity index (χ1n) is 23.9. The average Bonchev–Trinajstić information content (AvgIpc) is 3.41. The maximum absolute atomic E-state index is 3.97. The van der Waals surface area contributed by atoms with Crippen LogP contribution in [0.25, 0.3) is 55.3 Å². The Hall–Kier alpha value is -8.72. The van der Waals surface area contributed by atoms with E-state index in [2.05, 4.69) is 290 Å².